The van der Waals surface area contributed by atoms with Gasteiger partial charge in [0.2, 0.25) is 5.91 Å². The van der Waals surface area contributed by atoms with Crippen LogP contribution in [0.5, 0.6) is 0 Å². The SMILES string of the molecule is CN1C(=O)C[C@@H](CNCc2cccc3cn[nH]c23)[C@@H]1c1cnn(C)c1. The molecular formula is C18H22N6O. The number of likely N-dealkylation sites (tertiary alicyclic amines) is 1. The summed E-state index contributed by atoms with van der Waals surface area (Å²) in [5.74, 6) is 0.430. The van der Waals surface area contributed by atoms with Crippen LogP contribution in [-0.2, 0) is 18.4 Å². The van der Waals surface area contributed by atoms with E-state index in [1.807, 2.05) is 49.7 Å². The number of H-pyrrole nitrogens is 1. The van der Waals surface area contributed by atoms with Gasteiger partial charge in [0.15, 0.2) is 0 Å². The van der Waals surface area contributed by atoms with Crippen molar-refractivity contribution in [2.75, 3.05) is 13.6 Å². The van der Waals surface area contributed by atoms with Crippen LogP contribution in [0.1, 0.15) is 23.6 Å². The van der Waals surface area contributed by atoms with E-state index < -0.39 is 0 Å². The first-order valence-corrected chi connectivity index (χ1v) is 8.49. The highest BCUT2D eigenvalue weighted by Crippen LogP contribution is 2.36. The van der Waals surface area contributed by atoms with Crippen molar-refractivity contribution >= 4 is 16.8 Å². The summed E-state index contributed by atoms with van der Waals surface area (Å²) in [6.07, 6.45) is 6.26. The quantitative estimate of drug-likeness (QED) is 0.741. The lowest BCUT2D eigenvalue weighted by Crippen LogP contribution is -2.29. The summed E-state index contributed by atoms with van der Waals surface area (Å²) in [7, 11) is 3.78. The smallest absolute Gasteiger partial charge is 0.223 e. The summed E-state index contributed by atoms with van der Waals surface area (Å²) in [5, 5.41) is 16.1. The first-order chi connectivity index (χ1) is 12.1. The van der Waals surface area contributed by atoms with Gasteiger partial charge in [-0.25, -0.2) is 0 Å². The van der Waals surface area contributed by atoms with Gasteiger partial charge in [-0.3, -0.25) is 14.6 Å². The number of rotatable bonds is 5. The number of hydrogen-bond acceptors (Lipinski definition) is 4. The Hall–Kier alpha value is -2.67. The van der Waals surface area contributed by atoms with Gasteiger partial charge >= 0.3 is 0 Å². The molecule has 1 amide bonds. The van der Waals surface area contributed by atoms with E-state index >= 15 is 0 Å². The number of amides is 1. The van der Waals surface area contributed by atoms with Crippen molar-refractivity contribution in [2.45, 2.75) is 19.0 Å². The van der Waals surface area contributed by atoms with Crippen LogP contribution in [0.25, 0.3) is 10.9 Å². The number of aryl methyl sites for hydroxylation is 1. The van der Waals surface area contributed by atoms with E-state index in [-0.39, 0.29) is 17.9 Å². The number of nitrogens with one attached hydrogen (secondary N) is 2. The van der Waals surface area contributed by atoms with Gasteiger partial charge in [-0.15, -0.1) is 0 Å². The Morgan fingerprint density at radius 3 is 3.00 bits per heavy atom. The fourth-order valence-electron chi connectivity index (χ4n) is 3.79. The number of aromatic nitrogens is 4. The third-order valence-corrected chi connectivity index (χ3v) is 5.05. The van der Waals surface area contributed by atoms with Crippen molar-refractivity contribution in [1.29, 1.82) is 0 Å². The second kappa shape index (κ2) is 6.33. The Morgan fingerprint density at radius 1 is 1.32 bits per heavy atom. The average Bonchev–Trinajstić information content (AvgIpc) is 3.29. The van der Waals surface area contributed by atoms with Crippen LogP contribution in [0.3, 0.4) is 0 Å². The number of carbonyl (C=O) groups is 1. The third kappa shape index (κ3) is 2.91. The molecule has 0 aliphatic carbocycles. The van der Waals surface area contributed by atoms with E-state index in [9.17, 15) is 4.79 Å². The first-order valence-electron chi connectivity index (χ1n) is 8.49. The van der Waals surface area contributed by atoms with Crippen molar-refractivity contribution in [3.63, 3.8) is 0 Å². The minimum absolute atomic E-state index is 0.0802. The van der Waals surface area contributed by atoms with Gasteiger partial charge < -0.3 is 10.2 Å². The fraction of sp³-hybridized carbons (Fsp3) is 0.389. The molecular weight excluding hydrogens is 316 g/mol. The molecule has 2 atom stereocenters. The summed E-state index contributed by atoms with van der Waals surface area (Å²) < 4.78 is 1.79. The van der Waals surface area contributed by atoms with E-state index in [0.717, 1.165) is 29.6 Å². The lowest BCUT2D eigenvalue weighted by atomic mass is 9.95. The molecule has 1 aliphatic heterocycles. The van der Waals surface area contributed by atoms with Gasteiger partial charge in [0, 0.05) is 56.7 Å². The first kappa shape index (κ1) is 15.8. The largest absolute Gasteiger partial charge is 0.338 e. The Balaban J connectivity index is 1.46. The molecule has 7 heteroatoms. The number of para-hydroxylation sites is 1. The Bertz CT molecular complexity index is 898. The minimum atomic E-state index is 0.0802. The van der Waals surface area contributed by atoms with Gasteiger partial charge in [-0.2, -0.15) is 10.2 Å². The molecule has 1 aliphatic rings. The monoisotopic (exact) mass is 338 g/mol. The van der Waals surface area contributed by atoms with E-state index in [0.29, 0.717) is 6.42 Å². The number of carbonyl (C=O) groups excluding carboxylic acids is 1. The Morgan fingerprint density at radius 2 is 2.20 bits per heavy atom. The summed E-state index contributed by atoms with van der Waals surface area (Å²) in [5.41, 5.74) is 3.35. The van der Waals surface area contributed by atoms with E-state index in [2.05, 4.69) is 26.7 Å². The second-order valence-corrected chi connectivity index (χ2v) is 6.74. The van der Waals surface area contributed by atoms with Crippen LogP contribution in [0, 0.1) is 5.92 Å². The van der Waals surface area contributed by atoms with E-state index in [1.54, 1.807) is 4.68 Å². The molecule has 25 heavy (non-hydrogen) atoms. The van der Waals surface area contributed by atoms with Crippen LogP contribution < -0.4 is 5.32 Å². The van der Waals surface area contributed by atoms with Crippen LogP contribution in [0.4, 0.5) is 0 Å². The van der Waals surface area contributed by atoms with Crippen LogP contribution >= 0.6 is 0 Å². The maximum absolute atomic E-state index is 12.2. The molecule has 0 unspecified atom stereocenters. The molecule has 0 spiro atoms. The van der Waals surface area contributed by atoms with Gasteiger partial charge in [-0.1, -0.05) is 18.2 Å². The molecule has 1 fully saturated rings. The Kier molecular flexibility index (Phi) is 4.01. The normalized spacial score (nSPS) is 20.7. The van der Waals surface area contributed by atoms with Gasteiger partial charge in [0.05, 0.1) is 24.0 Å². The second-order valence-electron chi connectivity index (χ2n) is 6.74. The molecule has 2 N–H and O–H groups in total. The van der Waals surface area contributed by atoms with Crippen molar-refractivity contribution < 1.29 is 4.79 Å². The summed E-state index contributed by atoms with van der Waals surface area (Å²) >= 11 is 0. The molecule has 4 rings (SSSR count). The van der Waals surface area contributed by atoms with E-state index in [4.69, 9.17) is 0 Å². The van der Waals surface area contributed by atoms with Gasteiger partial charge in [0.25, 0.3) is 0 Å². The van der Waals surface area contributed by atoms with Crippen molar-refractivity contribution in [1.82, 2.24) is 30.2 Å². The van der Waals surface area contributed by atoms with Crippen LogP contribution in [0.15, 0.2) is 36.8 Å². The van der Waals surface area contributed by atoms with Gasteiger partial charge in [-0.05, 0) is 5.56 Å². The molecule has 3 aromatic rings. The molecule has 1 aromatic carbocycles. The predicted octanol–water partition coefficient (Wildman–Crippen LogP) is 1.61. The number of fused-ring (bicyclic) bond motifs is 1. The highest BCUT2D eigenvalue weighted by molar-refractivity contribution is 5.81. The molecule has 0 radical (unpaired) electrons. The van der Waals surface area contributed by atoms with Gasteiger partial charge in [0.1, 0.15) is 0 Å². The summed E-state index contributed by atoms with van der Waals surface area (Å²) in [6.45, 7) is 1.52. The summed E-state index contributed by atoms with van der Waals surface area (Å²) in [6, 6.07) is 6.26. The predicted molar refractivity (Wildman–Crippen MR) is 94.6 cm³/mol. The zero-order valence-corrected chi connectivity index (χ0v) is 14.4. The number of hydrogen-bond donors (Lipinski definition) is 2. The highest BCUT2D eigenvalue weighted by Gasteiger charge is 2.38. The third-order valence-electron chi connectivity index (χ3n) is 5.05. The van der Waals surface area contributed by atoms with Crippen LogP contribution in [0.2, 0.25) is 0 Å². The molecule has 7 nitrogen and oxygen atoms in total. The lowest BCUT2D eigenvalue weighted by Gasteiger charge is -2.24. The van der Waals surface area contributed by atoms with Crippen molar-refractivity contribution in [2.24, 2.45) is 13.0 Å². The van der Waals surface area contributed by atoms with Crippen molar-refractivity contribution in [3.8, 4) is 0 Å². The van der Waals surface area contributed by atoms with Crippen molar-refractivity contribution in [3.05, 3.63) is 47.9 Å². The number of benzene rings is 1. The lowest BCUT2D eigenvalue weighted by molar-refractivity contribution is -0.127. The zero-order valence-electron chi connectivity index (χ0n) is 14.4. The topological polar surface area (TPSA) is 78.8 Å². The molecule has 0 saturated carbocycles. The zero-order chi connectivity index (χ0) is 17.4. The van der Waals surface area contributed by atoms with Crippen LogP contribution in [-0.4, -0.2) is 44.4 Å². The Labute approximate surface area is 146 Å². The number of nitrogens with zero attached hydrogens (tertiary/aromatic N) is 4. The maximum Gasteiger partial charge on any atom is 0.223 e. The fourth-order valence-corrected chi connectivity index (χ4v) is 3.79. The maximum atomic E-state index is 12.2. The highest BCUT2D eigenvalue weighted by atomic mass is 16.2. The molecule has 1 saturated heterocycles. The van der Waals surface area contributed by atoms with E-state index in [1.165, 1.54) is 5.56 Å². The molecule has 0 bridgehead atoms. The summed E-state index contributed by atoms with van der Waals surface area (Å²) in [4.78, 5) is 14.1. The average molecular weight is 338 g/mol. The molecule has 3 heterocycles. The molecule has 2 aromatic heterocycles. The minimum Gasteiger partial charge on any atom is -0.338 e. The number of aromatic amines is 1. The standard InChI is InChI=1S/C18H22N6O/c1-23-11-15(10-21-23)18-14(6-16(25)24(18)2)8-19-7-12-4-3-5-13-9-20-22-17(12)13/h3-5,9-11,14,18-19H,6-8H2,1-2H3,(H,20,22)/t14-,18+/m0/s1. The molecule has 130 valence electrons.